The summed E-state index contributed by atoms with van der Waals surface area (Å²) >= 11 is 3.15. The predicted octanol–water partition coefficient (Wildman–Crippen LogP) is 5.28. The maximum atomic E-state index is 6.05. The van der Waals surface area contributed by atoms with Crippen LogP contribution in [0.1, 0.15) is 38.6 Å². The van der Waals surface area contributed by atoms with Gasteiger partial charge in [0.1, 0.15) is 0 Å². The summed E-state index contributed by atoms with van der Waals surface area (Å²) in [6.07, 6.45) is 4.77. The van der Waals surface area contributed by atoms with Gasteiger partial charge in [0.15, 0.2) is 5.13 Å². The lowest BCUT2D eigenvalue weighted by Gasteiger charge is -2.07. The zero-order chi connectivity index (χ0) is 16.8. The highest BCUT2D eigenvalue weighted by Crippen LogP contribution is 2.36. The lowest BCUT2D eigenvalue weighted by molar-refractivity contribution is 1.20. The van der Waals surface area contributed by atoms with E-state index < -0.39 is 0 Å². The zero-order valence-electron chi connectivity index (χ0n) is 13.9. The number of pyridine rings is 1. The molecule has 0 aliphatic carbocycles. The van der Waals surface area contributed by atoms with Gasteiger partial charge in [-0.15, -0.1) is 11.3 Å². The van der Waals surface area contributed by atoms with Crippen molar-refractivity contribution in [1.82, 2.24) is 9.97 Å². The van der Waals surface area contributed by atoms with Crippen molar-refractivity contribution in [2.45, 2.75) is 34.1 Å². The van der Waals surface area contributed by atoms with Crippen molar-refractivity contribution in [3.8, 4) is 0 Å². The normalized spacial score (nSPS) is 11.4. The lowest BCUT2D eigenvalue weighted by Crippen LogP contribution is -1.95. The van der Waals surface area contributed by atoms with Crippen LogP contribution in [-0.2, 0) is 0 Å². The van der Waals surface area contributed by atoms with E-state index in [4.69, 9.17) is 5.73 Å². The van der Waals surface area contributed by atoms with E-state index in [9.17, 15) is 0 Å². The Labute approximate surface area is 145 Å². The summed E-state index contributed by atoms with van der Waals surface area (Å²) in [6, 6.07) is 3.98. The number of thioether (sulfide) groups is 1. The minimum atomic E-state index is 0.814. The molecule has 2 rings (SSSR count). The first-order chi connectivity index (χ1) is 11.0. The van der Waals surface area contributed by atoms with Crippen LogP contribution in [-0.4, -0.2) is 9.97 Å². The topological polar surface area (TPSA) is 63.8 Å². The molecule has 0 spiro atoms. The Hall–Kier alpha value is -1.79. The predicted molar refractivity (Wildman–Crippen MR) is 103 cm³/mol. The van der Waals surface area contributed by atoms with Crippen LogP contribution < -0.4 is 11.1 Å². The van der Waals surface area contributed by atoms with Crippen LogP contribution in [0.5, 0.6) is 0 Å². The van der Waals surface area contributed by atoms with E-state index in [-0.39, 0.29) is 0 Å². The monoisotopic (exact) mass is 346 g/mol. The number of hydrogen-bond acceptors (Lipinski definition) is 6. The minimum Gasteiger partial charge on any atom is -0.394 e. The fourth-order valence-corrected chi connectivity index (χ4v) is 3.57. The third kappa shape index (κ3) is 5.11. The van der Waals surface area contributed by atoms with Gasteiger partial charge >= 0.3 is 0 Å². The molecule has 4 nitrogen and oxygen atoms in total. The third-order valence-corrected chi connectivity index (χ3v) is 4.96. The second-order valence-corrected chi connectivity index (χ2v) is 7.24. The molecule has 0 aromatic carbocycles. The molecule has 0 fully saturated rings. The molecule has 122 valence electrons. The fraction of sp³-hybridized carbons (Fsp3) is 0.294. The number of nitrogens with zero attached hydrogens (tertiary/aromatic N) is 2. The van der Waals surface area contributed by atoms with Crippen LogP contribution in [0.4, 0.5) is 10.8 Å². The van der Waals surface area contributed by atoms with Crippen molar-refractivity contribution in [3.05, 3.63) is 51.8 Å². The Morgan fingerprint density at radius 3 is 2.78 bits per heavy atom. The molecule has 2 aromatic rings. The molecule has 0 saturated heterocycles. The van der Waals surface area contributed by atoms with Crippen molar-refractivity contribution in [1.29, 1.82) is 0 Å². The van der Waals surface area contributed by atoms with Crippen LogP contribution in [0.25, 0.3) is 4.91 Å². The number of nitrogens with one attached hydrogen (secondary N) is 1. The number of rotatable bonds is 6. The van der Waals surface area contributed by atoms with Crippen LogP contribution in [0, 0.1) is 6.92 Å². The van der Waals surface area contributed by atoms with Crippen molar-refractivity contribution in [2.24, 2.45) is 5.73 Å². The Kier molecular flexibility index (Phi) is 6.24. The summed E-state index contributed by atoms with van der Waals surface area (Å²) in [5.41, 5.74) is 10.1. The van der Waals surface area contributed by atoms with Crippen LogP contribution in [0.15, 0.2) is 40.4 Å². The number of anilines is 2. The molecular formula is C17H22N4S2. The average Bonchev–Trinajstić information content (AvgIpc) is 2.95. The molecule has 0 aliphatic rings. The SMILES string of the molecule is CC/C=C(\N)SC(=C(C)C)c1csc(Nc2ccc(C)nc2)n1. The van der Waals surface area contributed by atoms with Gasteiger partial charge in [-0.1, -0.05) is 30.3 Å². The molecule has 0 radical (unpaired) electrons. The van der Waals surface area contributed by atoms with Gasteiger partial charge in [0, 0.05) is 16.0 Å². The Bertz CT molecular complexity index is 710. The standard InChI is InChI=1S/C17H22N4S2/c1-5-6-15(18)23-16(11(2)3)14-10-22-17(21-14)20-13-8-7-12(4)19-9-13/h6-10H,5,18H2,1-4H3,(H,20,21)/b15-6+. The Morgan fingerprint density at radius 1 is 1.39 bits per heavy atom. The Balaban J connectivity index is 2.17. The van der Waals surface area contributed by atoms with E-state index in [2.05, 4.69) is 41.4 Å². The fourth-order valence-electron chi connectivity index (χ4n) is 1.87. The second-order valence-electron chi connectivity index (χ2n) is 5.30. The first kappa shape index (κ1) is 17.6. The number of aromatic nitrogens is 2. The highest BCUT2D eigenvalue weighted by atomic mass is 32.2. The first-order valence-corrected chi connectivity index (χ1v) is 9.15. The van der Waals surface area contributed by atoms with Gasteiger partial charge in [-0.25, -0.2) is 4.98 Å². The number of thiazole rings is 1. The van der Waals surface area contributed by atoms with E-state index in [0.717, 1.165) is 38.6 Å². The maximum absolute atomic E-state index is 6.05. The number of nitrogens with two attached hydrogens (primary N) is 1. The van der Waals surface area contributed by atoms with Gasteiger partial charge in [0.2, 0.25) is 0 Å². The number of allylic oxidation sites excluding steroid dienone is 2. The van der Waals surface area contributed by atoms with Gasteiger partial charge in [0.25, 0.3) is 0 Å². The molecule has 0 saturated carbocycles. The Morgan fingerprint density at radius 2 is 2.17 bits per heavy atom. The highest BCUT2D eigenvalue weighted by molar-refractivity contribution is 8.11. The average molecular weight is 347 g/mol. The molecule has 6 heteroatoms. The molecule has 2 aromatic heterocycles. The van der Waals surface area contributed by atoms with Gasteiger partial charge in [-0.05, 0) is 39.3 Å². The van der Waals surface area contributed by atoms with Gasteiger partial charge in [-0.3, -0.25) is 4.98 Å². The summed E-state index contributed by atoms with van der Waals surface area (Å²) < 4.78 is 0. The molecule has 0 unspecified atom stereocenters. The van der Waals surface area contributed by atoms with Crippen molar-refractivity contribution in [3.63, 3.8) is 0 Å². The third-order valence-electron chi connectivity index (χ3n) is 2.98. The summed E-state index contributed by atoms with van der Waals surface area (Å²) in [5.74, 6) is 0. The van der Waals surface area contributed by atoms with Crippen molar-refractivity contribution >= 4 is 38.8 Å². The number of aryl methyl sites for hydroxylation is 1. The van der Waals surface area contributed by atoms with Crippen LogP contribution in [0.3, 0.4) is 0 Å². The molecule has 0 aliphatic heterocycles. The van der Waals surface area contributed by atoms with Crippen molar-refractivity contribution in [2.75, 3.05) is 5.32 Å². The van der Waals surface area contributed by atoms with Crippen molar-refractivity contribution < 1.29 is 0 Å². The van der Waals surface area contributed by atoms with E-state index in [1.165, 1.54) is 5.57 Å². The first-order valence-electron chi connectivity index (χ1n) is 7.46. The molecule has 23 heavy (non-hydrogen) atoms. The van der Waals surface area contributed by atoms with Gasteiger partial charge in [-0.2, -0.15) is 0 Å². The summed E-state index contributed by atoms with van der Waals surface area (Å²) in [5, 5.41) is 7.01. The largest absolute Gasteiger partial charge is 0.394 e. The van der Waals surface area contributed by atoms with Crippen LogP contribution in [0.2, 0.25) is 0 Å². The molecule has 0 amide bonds. The quantitative estimate of drug-likeness (QED) is 0.744. The number of hydrogen-bond donors (Lipinski definition) is 2. The minimum absolute atomic E-state index is 0.814. The molecule has 2 heterocycles. The summed E-state index contributed by atoms with van der Waals surface area (Å²) in [7, 11) is 0. The summed E-state index contributed by atoms with van der Waals surface area (Å²) in [4.78, 5) is 10.1. The van der Waals surface area contributed by atoms with E-state index in [0.29, 0.717) is 0 Å². The van der Waals surface area contributed by atoms with E-state index >= 15 is 0 Å². The van der Waals surface area contributed by atoms with E-state index in [1.807, 2.05) is 31.3 Å². The molecule has 0 bridgehead atoms. The second kappa shape index (κ2) is 8.17. The highest BCUT2D eigenvalue weighted by Gasteiger charge is 2.11. The van der Waals surface area contributed by atoms with Crippen LogP contribution >= 0.6 is 23.1 Å². The maximum Gasteiger partial charge on any atom is 0.187 e. The smallest absolute Gasteiger partial charge is 0.187 e. The molecule has 3 N–H and O–H groups in total. The zero-order valence-corrected chi connectivity index (χ0v) is 15.5. The summed E-state index contributed by atoms with van der Waals surface area (Å²) in [6.45, 7) is 8.21. The van der Waals surface area contributed by atoms with E-state index in [1.54, 1.807) is 23.1 Å². The van der Waals surface area contributed by atoms with Gasteiger partial charge in [0.05, 0.1) is 22.6 Å². The molecule has 0 atom stereocenters. The van der Waals surface area contributed by atoms with Gasteiger partial charge < -0.3 is 11.1 Å². The lowest BCUT2D eigenvalue weighted by atomic mass is 10.3. The molecular weight excluding hydrogens is 324 g/mol.